The van der Waals surface area contributed by atoms with Gasteiger partial charge >= 0.3 is 5.97 Å². The summed E-state index contributed by atoms with van der Waals surface area (Å²) in [5.74, 6) is -3.38. The molecule has 0 aromatic heterocycles. The summed E-state index contributed by atoms with van der Waals surface area (Å²) in [7, 11) is 2.67. The number of aromatic carboxylic acids is 1. The molecule has 11 heteroatoms. The number of nitrogens with zero attached hydrogens (tertiary/aromatic N) is 1. The lowest BCUT2D eigenvalue weighted by Gasteiger charge is -2.16. The summed E-state index contributed by atoms with van der Waals surface area (Å²) in [6.07, 6.45) is 1.32. The van der Waals surface area contributed by atoms with Gasteiger partial charge in [-0.25, -0.2) is 9.18 Å². The van der Waals surface area contributed by atoms with Crippen molar-refractivity contribution in [2.24, 2.45) is 0 Å². The fourth-order valence-electron chi connectivity index (χ4n) is 2.80. The van der Waals surface area contributed by atoms with Gasteiger partial charge in [0, 0.05) is 0 Å². The van der Waals surface area contributed by atoms with E-state index in [0.29, 0.717) is 0 Å². The van der Waals surface area contributed by atoms with Gasteiger partial charge in [0.1, 0.15) is 11.4 Å². The van der Waals surface area contributed by atoms with E-state index in [-0.39, 0.29) is 37.4 Å². The van der Waals surface area contributed by atoms with Crippen molar-refractivity contribution in [2.45, 2.75) is 0 Å². The number of carboxylic acids is 1. The molecule has 8 nitrogen and oxygen atoms in total. The molecule has 1 aliphatic rings. The molecule has 2 aromatic rings. The average molecular weight is 462 g/mol. The summed E-state index contributed by atoms with van der Waals surface area (Å²) in [4.78, 5) is 37.0. The number of rotatable bonds is 6. The van der Waals surface area contributed by atoms with E-state index in [1.54, 1.807) is 0 Å². The summed E-state index contributed by atoms with van der Waals surface area (Å²) in [5.41, 5.74) is 1.98. The fourth-order valence-corrected chi connectivity index (χ4v) is 3.97. The number of benzene rings is 2. The Kier molecular flexibility index (Phi) is 6.56. The Morgan fingerprint density at radius 2 is 1.90 bits per heavy atom. The molecular weight excluding hydrogens is 447 g/mol. The van der Waals surface area contributed by atoms with Gasteiger partial charge in [-0.15, -0.1) is 0 Å². The van der Waals surface area contributed by atoms with Gasteiger partial charge in [-0.2, -0.15) is 5.01 Å². The van der Waals surface area contributed by atoms with Crippen molar-refractivity contribution in [2.75, 3.05) is 14.2 Å². The highest BCUT2D eigenvalue weighted by Gasteiger charge is 2.35. The van der Waals surface area contributed by atoms with Crippen molar-refractivity contribution in [3.05, 3.63) is 63.8 Å². The van der Waals surface area contributed by atoms with Gasteiger partial charge in [0.25, 0.3) is 11.8 Å². The summed E-state index contributed by atoms with van der Waals surface area (Å²) in [6, 6.07) is 8.24. The van der Waals surface area contributed by atoms with Gasteiger partial charge in [0.15, 0.2) is 15.8 Å². The van der Waals surface area contributed by atoms with Gasteiger partial charge in [0.2, 0.25) is 0 Å². The number of thiocarbonyl (C=S) groups is 1. The van der Waals surface area contributed by atoms with Crippen LogP contribution in [-0.4, -0.2) is 46.4 Å². The number of amides is 2. The maximum Gasteiger partial charge on any atom is 0.340 e. The lowest BCUT2D eigenvalue weighted by atomic mass is 10.0. The van der Waals surface area contributed by atoms with Crippen LogP contribution in [0.5, 0.6) is 11.5 Å². The zero-order valence-electron chi connectivity index (χ0n) is 16.2. The smallest absolute Gasteiger partial charge is 0.340 e. The van der Waals surface area contributed by atoms with Crippen LogP contribution < -0.4 is 14.9 Å². The Hall–Kier alpha value is -3.44. The predicted molar refractivity (Wildman–Crippen MR) is 115 cm³/mol. The third-order valence-corrected chi connectivity index (χ3v) is 5.51. The number of carbonyl (C=O) groups is 3. The number of halogens is 1. The Labute approximate surface area is 185 Å². The first-order valence-electron chi connectivity index (χ1n) is 8.60. The first-order chi connectivity index (χ1) is 14.8. The van der Waals surface area contributed by atoms with E-state index in [9.17, 15) is 23.9 Å². The number of nitrogens with one attached hydrogen (secondary N) is 1. The minimum absolute atomic E-state index is 0.00158. The molecule has 1 saturated heterocycles. The lowest BCUT2D eigenvalue weighted by molar-refractivity contribution is -0.123. The Bertz CT molecular complexity index is 1130. The topological polar surface area (TPSA) is 105 Å². The number of thioether (sulfide) groups is 1. The summed E-state index contributed by atoms with van der Waals surface area (Å²) >= 11 is 6.00. The Morgan fingerprint density at radius 1 is 1.19 bits per heavy atom. The van der Waals surface area contributed by atoms with Crippen LogP contribution in [0.2, 0.25) is 0 Å². The third kappa shape index (κ3) is 4.37. The summed E-state index contributed by atoms with van der Waals surface area (Å²) < 4.78 is 24.1. The molecule has 2 aromatic carbocycles. The predicted octanol–water partition coefficient (Wildman–Crippen LogP) is 3.09. The second-order valence-corrected chi connectivity index (χ2v) is 7.68. The van der Waals surface area contributed by atoms with E-state index < -0.39 is 23.6 Å². The monoisotopic (exact) mass is 462 g/mol. The first kappa shape index (κ1) is 22.2. The first-order valence-corrected chi connectivity index (χ1v) is 9.82. The van der Waals surface area contributed by atoms with Crippen LogP contribution >= 0.6 is 24.0 Å². The molecule has 2 N–H and O–H groups in total. The van der Waals surface area contributed by atoms with Crippen LogP contribution in [0.15, 0.2) is 41.3 Å². The number of hydrogen-bond donors (Lipinski definition) is 2. The maximum absolute atomic E-state index is 13.8. The Balaban J connectivity index is 1.93. The standard InChI is InChI=1S/C20H15FN2O6S2/c1-28-13-8-7-10(15(19(26)27)16(13)29-2)9-14-18(25)23(20(30)31-14)22-17(24)11-5-3-4-6-12(11)21/h3-9H,1-2H3,(H,22,24)(H,26,27)/b14-9+. The third-order valence-electron chi connectivity index (χ3n) is 4.20. The minimum atomic E-state index is -1.29. The van der Waals surface area contributed by atoms with Crippen molar-refractivity contribution >= 4 is 52.2 Å². The van der Waals surface area contributed by atoms with E-state index in [2.05, 4.69) is 5.43 Å². The number of carboxylic acid groups (broad SMARTS) is 1. The van der Waals surface area contributed by atoms with E-state index in [0.717, 1.165) is 22.8 Å². The quantitative estimate of drug-likeness (QED) is 0.499. The summed E-state index contributed by atoms with van der Waals surface area (Å²) in [6.45, 7) is 0. The van der Waals surface area contributed by atoms with E-state index in [4.69, 9.17) is 21.7 Å². The lowest BCUT2D eigenvalue weighted by Crippen LogP contribution is -2.45. The summed E-state index contributed by atoms with van der Waals surface area (Å²) in [5, 5.41) is 10.4. The van der Waals surface area contributed by atoms with Crippen molar-refractivity contribution in [1.29, 1.82) is 0 Å². The van der Waals surface area contributed by atoms with Crippen molar-refractivity contribution in [1.82, 2.24) is 10.4 Å². The highest BCUT2D eigenvalue weighted by atomic mass is 32.2. The van der Waals surface area contributed by atoms with Crippen molar-refractivity contribution in [3.63, 3.8) is 0 Å². The average Bonchev–Trinajstić information content (AvgIpc) is 3.00. The fraction of sp³-hybridized carbons (Fsp3) is 0.100. The van der Waals surface area contributed by atoms with Gasteiger partial charge in [-0.1, -0.05) is 30.0 Å². The van der Waals surface area contributed by atoms with Crippen LogP contribution in [0.4, 0.5) is 4.39 Å². The normalized spacial score (nSPS) is 14.7. The van der Waals surface area contributed by atoms with Crippen LogP contribution in [0, 0.1) is 5.82 Å². The van der Waals surface area contributed by atoms with Crippen LogP contribution in [0.1, 0.15) is 26.3 Å². The molecule has 1 aliphatic heterocycles. The molecule has 0 atom stereocenters. The second kappa shape index (κ2) is 9.14. The van der Waals surface area contributed by atoms with Crippen LogP contribution in [0.3, 0.4) is 0 Å². The zero-order valence-corrected chi connectivity index (χ0v) is 17.8. The number of hydrogen-bond acceptors (Lipinski definition) is 7. The molecule has 0 saturated carbocycles. The number of carbonyl (C=O) groups excluding carboxylic acids is 2. The zero-order chi connectivity index (χ0) is 22.7. The molecule has 0 spiro atoms. The number of hydrazine groups is 1. The van der Waals surface area contributed by atoms with Gasteiger partial charge < -0.3 is 14.6 Å². The molecule has 0 bridgehead atoms. The van der Waals surface area contributed by atoms with Crippen molar-refractivity contribution < 1.29 is 33.4 Å². The van der Waals surface area contributed by atoms with Crippen molar-refractivity contribution in [3.8, 4) is 11.5 Å². The highest BCUT2D eigenvalue weighted by molar-refractivity contribution is 8.26. The van der Waals surface area contributed by atoms with Crippen LogP contribution in [-0.2, 0) is 4.79 Å². The number of ether oxygens (including phenoxy) is 2. The molecule has 1 fully saturated rings. The second-order valence-electron chi connectivity index (χ2n) is 6.01. The van der Waals surface area contributed by atoms with E-state index in [1.165, 1.54) is 50.6 Å². The highest BCUT2D eigenvalue weighted by Crippen LogP contribution is 2.37. The van der Waals surface area contributed by atoms with Crippen LogP contribution in [0.25, 0.3) is 6.08 Å². The molecular formula is C20H15FN2O6S2. The van der Waals surface area contributed by atoms with E-state index >= 15 is 0 Å². The Morgan fingerprint density at radius 3 is 2.52 bits per heavy atom. The van der Waals surface area contributed by atoms with Gasteiger partial charge in [0.05, 0.1) is 24.7 Å². The maximum atomic E-state index is 13.8. The minimum Gasteiger partial charge on any atom is -0.493 e. The SMILES string of the molecule is COc1ccc(/C=C2/SC(=S)N(NC(=O)c3ccccc3F)C2=O)c(C(=O)O)c1OC. The molecule has 0 unspecified atom stereocenters. The van der Waals surface area contributed by atoms with Gasteiger partial charge in [-0.05, 0) is 42.1 Å². The largest absolute Gasteiger partial charge is 0.493 e. The molecule has 0 radical (unpaired) electrons. The molecule has 160 valence electrons. The van der Waals surface area contributed by atoms with E-state index in [1.807, 2.05) is 0 Å². The molecule has 31 heavy (non-hydrogen) atoms. The van der Waals surface area contributed by atoms with Gasteiger partial charge in [-0.3, -0.25) is 15.0 Å². The molecule has 3 rings (SSSR count). The number of methoxy groups -OCH3 is 2. The molecule has 0 aliphatic carbocycles. The molecule has 2 amide bonds. The molecule has 1 heterocycles.